The molecule has 0 spiro atoms. The normalized spacial score (nSPS) is 23.3. The maximum atomic E-state index is 13.1. The van der Waals surface area contributed by atoms with Crippen LogP contribution in [0.3, 0.4) is 0 Å². The lowest BCUT2D eigenvalue weighted by Crippen LogP contribution is -2.53. The molecule has 2 saturated heterocycles. The van der Waals surface area contributed by atoms with E-state index >= 15 is 0 Å². The van der Waals surface area contributed by atoms with Crippen molar-refractivity contribution in [2.24, 2.45) is 5.92 Å². The Morgan fingerprint density at radius 3 is 1.84 bits per heavy atom. The van der Waals surface area contributed by atoms with Gasteiger partial charge in [0.15, 0.2) is 0 Å². The molecule has 9 heteroatoms. The van der Waals surface area contributed by atoms with E-state index < -0.39 is 0 Å². The monoisotopic (exact) mass is 693 g/mol. The van der Waals surface area contributed by atoms with Gasteiger partial charge >= 0.3 is 0 Å². The Bertz CT molecular complexity index is 1400. The fourth-order valence-corrected chi connectivity index (χ4v) is 8.67. The molecule has 5 atom stereocenters. The molecule has 2 heterocycles. The minimum atomic E-state index is -0.165. The number of aryl methyl sites for hydroxylation is 2. The number of nitrogens with one attached hydrogen (secondary N) is 2. The van der Waals surface area contributed by atoms with Crippen molar-refractivity contribution >= 4 is 30.1 Å². The molecule has 0 saturated carbocycles. The zero-order chi connectivity index (χ0) is 34.2. The van der Waals surface area contributed by atoms with Gasteiger partial charge in [-0.15, -0.1) is 12.4 Å². The Hall–Kier alpha value is -2.94. The molecule has 2 aromatic rings. The highest BCUT2D eigenvalue weighted by Crippen LogP contribution is 2.36. The highest BCUT2D eigenvalue weighted by Gasteiger charge is 2.37. The third-order valence-electron chi connectivity index (χ3n) is 11.1. The van der Waals surface area contributed by atoms with E-state index in [0.29, 0.717) is 12.6 Å². The Kier molecular flexibility index (Phi) is 14.5. The number of carbonyl (C=O) groups excluding carboxylic acids is 3. The summed E-state index contributed by atoms with van der Waals surface area (Å²) in [5.74, 6) is 0.732. The SMILES string of the molecule is CC(=O)N(C[C@@H]1CCCN1)[C@@H]1CCCc2ccccc21.CN[C@H](C(=O)N1CCC[C@H]1CN(C(C)=O)[C@@H]1CCCc2ccccc21)C(C)C.Cl. The molecule has 2 fully saturated rings. The van der Waals surface area contributed by atoms with Gasteiger partial charge in [0, 0.05) is 45.6 Å². The number of fused-ring (bicyclic) bond motifs is 2. The van der Waals surface area contributed by atoms with E-state index in [1.54, 1.807) is 13.8 Å². The third kappa shape index (κ3) is 9.44. The molecule has 0 bridgehead atoms. The van der Waals surface area contributed by atoms with Crippen molar-refractivity contribution in [3.8, 4) is 0 Å². The summed E-state index contributed by atoms with van der Waals surface area (Å²) in [6.45, 7) is 10.9. The Morgan fingerprint density at radius 2 is 1.35 bits per heavy atom. The molecule has 2 N–H and O–H groups in total. The van der Waals surface area contributed by atoms with Gasteiger partial charge in [-0.3, -0.25) is 14.4 Å². The summed E-state index contributed by atoms with van der Waals surface area (Å²) in [7, 11) is 1.86. The molecule has 4 aliphatic rings. The van der Waals surface area contributed by atoms with Gasteiger partial charge in [0.1, 0.15) is 0 Å². The van der Waals surface area contributed by atoms with Crippen LogP contribution in [0.15, 0.2) is 48.5 Å². The number of halogens is 1. The van der Waals surface area contributed by atoms with Crippen LogP contribution < -0.4 is 10.6 Å². The zero-order valence-electron chi connectivity index (χ0n) is 30.5. The molecule has 2 aliphatic carbocycles. The van der Waals surface area contributed by atoms with E-state index in [2.05, 4.69) is 77.9 Å². The number of hydrogen-bond donors (Lipinski definition) is 2. The van der Waals surface area contributed by atoms with Crippen molar-refractivity contribution in [3.63, 3.8) is 0 Å². The minimum Gasteiger partial charge on any atom is -0.337 e. The highest BCUT2D eigenvalue weighted by atomic mass is 35.5. The Morgan fingerprint density at radius 1 is 0.796 bits per heavy atom. The van der Waals surface area contributed by atoms with Gasteiger partial charge in [-0.1, -0.05) is 62.4 Å². The van der Waals surface area contributed by atoms with Crippen LogP contribution in [-0.2, 0) is 27.2 Å². The third-order valence-corrected chi connectivity index (χ3v) is 11.1. The molecular formula is C40H60ClN5O3. The fraction of sp³-hybridized carbons (Fsp3) is 0.625. The summed E-state index contributed by atoms with van der Waals surface area (Å²) < 4.78 is 0. The number of nitrogens with zero attached hydrogens (tertiary/aromatic N) is 3. The molecule has 270 valence electrons. The summed E-state index contributed by atoms with van der Waals surface area (Å²) >= 11 is 0. The fourth-order valence-electron chi connectivity index (χ4n) is 8.67. The Labute approximate surface area is 301 Å². The van der Waals surface area contributed by atoms with Crippen molar-refractivity contribution in [1.82, 2.24) is 25.3 Å². The van der Waals surface area contributed by atoms with Gasteiger partial charge in [-0.2, -0.15) is 0 Å². The van der Waals surface area contributed by atoms with Crippen molar-refractivity contribution in [3.05, 3.63) is 70.8 Å². The van der Waals surface area contributed by atoms with Crippen LogP contribution in [0.25, 0.3) is 0 Å². The molecule has 3 amide bonds. The maximum absolute atomic E-state index is 13.1. The molecular weight excluding hydrogens is 634 g/mol. The van der Waals surface area contributed by atoms with Crippen molar-refractivity contribution in [2.45, 2.75) is 122 Å². The summed E-state index contributed by atoms with van der Waals surface area (Å²) in [5.41, 5.74) is 5.44. The quantitative estimate of drug-likeness (QED) is 0.325. The van der Waals surface area contributed by atoms with Crippen LogP contribution in [0.4, 0.5) is 0 Å². The number of benzene rings is 2. The molecule has 0 radical (unpaired) electrons. The van der Waals surface area contributed by atoms with E-state index in [-0.39, 0.29) is 60.2 Å². The van der Waals surface area contributed by atoms with Gasteiger partial charge in [0.25, 0.3) is 0 Å². The average molecular weight is 694 g/mol. The summed E-state index contributed by atoms with van der Waals surface area (Å²) in [6.07, 6.45) is 11.0. The first-order valence-corrected chi connectivity index (χ1v) is 18.6. The number of likely N-dealkylation sites (N-methyl/N-ethyl adjacent to an activating group) is 1. The maximum Gasteiger partial charge on any atom is 0.240 e. The Balaban J connectivity index is 0.000000227. The minimum absolute atomic E-state index is 0. The van der Waals surface area contributed by atoms with Gasteiger partial charge in [-0.05, 0) is 106 Å². The van der Waals surface area contributed by atoms with E-state index in [9.17, 15) is 14.4 Å². The summed E-state index contributed by atoms with van der Waals surface area (Å²) in [5, 5.41) is 6.69. The molecule has 2 aliphatic heterocycles. The first kappa shape index (κ1) is 38.9. The van der Waals surface area contributed by atoms with Gasteiger partial charge in [0.05, 0.1) is 18.1 Å². The lowest BCUT2D eigenvalue weighted by molar-refractivity contribution is -0.139. The summed E-state index contributed by atoms with van der Waals surface area (Å²) in [6, 6.07) is 18.0. The number of carbonyl (C=O) groups is 3. The standard InChI is InChI=1S/C23H35N3O2.C17H24N2O.ClH/c1-16(2)22(24-4)23(28)25-14-8-11-19(25)15-26(17(3)27)21-13-7-10-18-9-5-6-12-20(18)21;1-13(20)19(12-15-8-5-11-18-15)17-10-4-7-14-6-2-3-9-16(14)17;/h5-6,9,12,16,19,21-22,24H,7-8,10-11,13-15H2,1-4H3;2-3,6,9,15,17-18H,4-5,7-8,10-12H2,1H3;1H/t19-,21+,22-;15-,17+;/m00./s1. The van der Waals surface area contributed by atoms with Crippen LogP contribution in [0, 0.1) is 5.92 Å². The topological polar surface area (TPSA) is 85.0 Å². The second-order valence-corrected chi connectivity index (χ2v) is 14.7. The largest absolute Gasteiger partial charge is 0.337 e. The molecule has 0 unspecified atom stereocenters. The van der Waals surface area contributed by atoms with Crippen LogP contribution in [0.1, 0.15) is 113 Å². The van der Waals surface area contributed by atoms with Crippen LogP contribution in [0.2, 0.25) is 0 Å². The number of likely N-dealkylation sites (tertiary alicyclic amines) is 1. The van der Waals surface area contributed by atoms with Gasteiger partial charge < -0.3 is 25.3 Å². The van der Waals surface area contributed by atoms with Crippen molar-refractivity contribution < 1.29 is 14.4 Å². The zero-order valence-corrected chi connectivity index (χ0v) is 31.3. The van der Waals surface area contributed by atoms with Crippen molar-refractivity contribution in [1.29, 1.82) is 0 Å². The predicted molar refractivity (Wildman–Crippen MR) is 200 cm³/mol. The first-order chi connectivity index (χ1) is 23.2. The first-order valence-electron chi connectivity index (χ1n) is 18.6. The molecule has 8 nitrogen and oxygen atoms in total. The van der Waals surface area contributed by atoms with Crippen molar-refractivity contribution in [2.75, 3.05) is 33.2 Å². The van der Waals surface area contributed by atoms with E-state index in [0.717, 1.165) is 64.6 Å². The average Bonchev–Trinajstić information content (AvgIpc) is 3.78. The van der Waals surface area contributed by atoms with E-state index in [1.165, 1.54) is 41.5 Å². The molecule has 6 rings (SSSR count). The van der Waals surface area contributed by atoms with Crippen LogP contribution >= 0.6 is 12.4 Å². The van der Waals surface area contributed by atoms with Gasteiger partial charge in [0.2, 0.25) is 17.7 Å². The molecule has 0 aromatic heterocycles. The number of hydrogen-bond acceptors (Lipinski definition) is 5. The lowest BCUT2D eigenvalue weighted by atomic mass is 9.86. The van der Waals surface area contributed by atoms with Crippen LogP contribution in [-0.4, -0.2) is 83.8 Å². The molecule has 49 heavy (non-hydrogen) atoms. The smallest absolute Gasteiger partial charge is 0.240 e. The predicted octanol–water partition coefficient (Wildman–Crippen LogP) is 6.23. The highest BCUT2D eigenvalue weighted by molar-refractivity contribution is 5.85. The molecule has 2 aromatic carbocycles. The number of amides is 3. The van der Waals surface area contributed by atoms with Crippen LogP contribution in [0.5, 0.6) is 0 Å². The number of rotatable bonds is 9. The lowest BCUT2D eigenvalue weighted by Gasteiger charge is -2.39. The summed E-state index contributed by atoms with van der Waals surface area (Å²) in [4.78, 5) is 44.0. The van der Waals surface area contributed by atoms with Gasteiger partial charge in [-0.25, -0.2) is 0 Å². The van der Waals surface area contributed by atoms with E-state index in [1.807, 2.05) is 16.8 Å². The second kappa shape index (κ2) is 18.3. The van der Waals surface area contributed by atoms with E-state index in [4.69, 9.17) is 0 Å². The second-order valence-electron chi connectivity index (χ2n) is 14.7.